The molecule has 0 aromatic rings. The smallest absolute Gasteiger partial charge is 0.175 e. The highest BCUT2D eigenvalue weighted by Gasteiger charge is 1.98. The minimum atomic E-state index is -0.125. The molecule has 0 aliphatic rings. The summed E-state index contributed by atoms with van der Waals surface area (Å²) in [5, 5.41) is 0.458. The van der Waals surface area contributed by atoms with Crippen molar-refractivity contribution in [3.8, 4) is 0 Å². The molecular weight excluding hydrogens is 110 g/mol. The predicted octanol–water partition coefficient (Wildman–Crippen LogP) is 0.307. The second-order valence-corrected chi connectivity index (χ2v) is 1.71. The van der Waals surface area contributed by atoms with Crippen molar-refractivity contribution >= 4 is 17.3 Å². The van der Waals surface area contributed by atoms with E-state index in [9.17, 15) is 0 Å². The van der Waals surface area contributed by atoms with Crippen LogP contribution in [0.4, 0.5) is 0 Å². The first-order chi connectivity index (χ1) is 3.18. The van der Waals surface area contributed by atoms with Gasteiger partial charge in [0.05, 0.1) is 13.2 Å². The van der Waals surface area contributed by atoms with Gasteiger partial charge in [-0.2, -0.15) is 0 Å². The highest BCUT2D eigenvalue weighted by Crippen LogP contribution is 1.82. The molecule has 0 amide bonds. The first-order valence-electron chi connectivity index (χ1n) is 2.02. The monoisotopic (exact) mass is 119 g/mol. The molecule has 7 heavy (non-hydrogen) atoms. The van der Waals surface area contributed by atoms with Crippen molar-refractivity contribution in [2.24, 2.45) is 5.73 Å². The largest absolute Gasteiger partial charge is 0.489 e. The lowest BCUT2D eigenvalue weighted by Crippen LogP contribution is -2.25. The van der Waals surface area contributed by atoms with Gasteiger partial charge in [-0.25, -0.2) is 0 Å². The van der Waals surface area contributed by atoms with Crippen molar-refractivity contribution in [2.45, 2.75) is 13.0 Å². The van der Waals surface area contributed by atoms with Gasteiger partial charge in [-0.15, -0.1) is 0 Å². The van der Waals surface area contributed by atoms with Gasteiger partial charge in [-0.05, 0) is 19.1 Å². The summed E-state index contributed by atoms with van der Waals surface area (Å²) in [7, 11) is 1.52. The van der Waals surface area contributed by atoms with Gasteiger partial charge in [0.2, 0.25) is 0 Å². The maximum absolute atomic E-state index is 5.28. The Labute approximate surface area is 48.6 Å². The molecule has 0 aliphatic heterocycles. The molecule has 0 bridgehead atoms. The van der Waals surface area contributed by atoms with E-state index in [0.29, 0.717) is 5.05 Å². The van der Waals surface area contributed by atoms with Gasteiger partial charge in [0.15, 0.2) is 5.05 Å². The van der Waals surface area contributed by atoms with Crippen molar-refractivity contribution in [3.05, 3.63) is 0 Å². The zero-order chi connectivity index (χ0) is 5.86. The highest BCUT2D eigenvalue weighted by molar-refractivity contribution is 7.80. The van der Waals surface area contributed by atoms with Crippen molar-refractivity contribution in [2.75, 3.05) is 7.11 Å². The van der Waals surface area contributed by atoms with Gasteiger partial charge in [0, 0.05) is 0 Å². The summed E-state index contributed by atoms with van der Waals surface area (Å²) in [4.78, 5) is 0. The van der Waals surface area contributed by atoms with Crippen LogP contribution in [0.5, 0.6) is 0 Å². The van der Waals surface area contributed by atoms with Gasteiger partial charge in [-0.1, -0.05) is 0 Å². The van der Waals surface area contributed by atoms with Crippen LogP contribution in [0.25, 0.3) is 0 Å². The number of hydrogen-bond donors (Lipinski definition) is 1. The molecule has 0 fully saturated rings. The van der Waals surface area contributed by atoms with E-state index in [-0.39, 0.29) is 6.04 Å². The van der Waals surface area contributed by atoms with Crippen LogP contribution in [-0.4, -0.2) is 18.2 Å². The topological polar surface area (TPSA) is 35.2 Å². The third-order valence-electron chi connectivity index (χ3n) is 0.573. The Morgan fingerprint density at radius 3 is 2.29 bits per heavy atom. The summed E-state index contributed by atoms with van der Waals surface area (Å²) < 4.78 is 4.62. The molecule has 1 atom stereocenters. The fourth-order valence-electron chi connectivity index (χ4n) is 0.186. The van der Waals surface area contributed by atoms with Crippen LogP contribution >= 0.6 is 12.2 Å². The number of nitrogens with two attached hydrogens (primary N) is 1. The van der Waals surface area contributed by atoms with E-state index < -0.39 is 0 Å². The molecule has 0 aromatic carbocycles. The van der Waals surface area contributed by atoms with Crippen molar-refractivity contribution < 1.29 is 4.74 Å². The molecule has 0 radical (unpaired) electrons. The zero-order valence-corrected chi connectivity index (χ0v) is 5.29. The number of hydrogen-bond acceptors (Lipinski definition) is 3. The van der Waals surface area contributed by atoms with Gasteiger partial charge in [0.25, 0.3) is 0 Å². The van der Waals surface area contributed by atoms with Crippen LogP contribution in [0, 0.1) is 0 Å². The second kappa shape index (κ2) is 2.93. The summed E-state index contributed by atoms with van der Waals surface area (Å²) in [6, 6.07) is -0.125. The average Bonchev–Trinajstić information content (AvgIpc) is 1.65. The Kier molecular flexibility index (Phi) is 2.87. The van der Waals surface area contributed by atoms with Gasteiger partial charge < -0.3 is 10.5 Å². The lowest BCUT2D eigenvalue weighted by atomic mass is 10.4. The van der Waals surface area contributed by atoms with Crippen molar-refractivity contribution in [1.29, 1.82) is 0 Å². The van der Waals surface area contributed by atoms with Crippen molar-refractivity contribution in [1.82, 2.24) is 0 Å². The Morgan fingerprint density at radius 1 is 1.86 bits per heavy atom. The van der Waals surface area contributed by atoms with E-state index in [1.54, 1.807) is 6.92 Å². The summed E-state index contributed by atoms with van der Waals surface area (Å²) in [5.41, 5.74) is 5.28. The third kappa shape index (κ3) is 2.53. The molecule has 0 aliphatic carbocycles. The molecule has 42 valence electrons. The Morgan fingerprint density at radius 2 is 2.29 bits per heavy atom. The Balaban J connectivity index is 3.35. The number of thiocarbonyl (C=S) groups is 1. The van der Waals surface area contributed by atoms with Gasteiger partial charge in [-0.3, -0.25) is 0 Å². The summed E-state index contributed by atoms with van der Waals surface area (Å²) in [6.07, 6.45) is 0. The molecule has 2 nitrogen and oxygen atoms in total. The van der Waals surface area contributed by atoms with Crippen LogP contribution in [0.3, 0.4) is 0 Å². The van der Waals surface area contributed by atoms with E-state index in [4.69, 9.17) is 5.73 Å². The first-order valence-corrected chi connectivity index (χ1v) is 2.42. The molecule has 0 unspecified atom stereocenters. The van der Waals surface area contributed by atoms with Crippen molar-refractivity contribution in [3.63, 3.8) is 0 Å². The maximum Gasteiger partial charge on any atom is 0.175 e. The Bertz CT molecular complexity index is 72.1. The molecule has 3 heteroatoms. The fourth-order valence-corrected chi connectivity index (χ4v) is 0.186. The molecule has 0 spiro atoms. The van der Waals surface area contributed by atoms with Crippen LogP contribution in [0.2, 0.25) is 0 Å². The normalized spacial score (nSPS) is 13.0. The number of methoxy groups -OCH3 is 1. The molecule has 0 rings (SSSR count). The molecule has 0 saturated heterocycles. The highest BCUT2D eigenvalue weighted by atomic mass is 32.1. The van der Waals surface area contributed by atoms with E-state index >= 15 is 0 Å². The van der Waals surface area contributed by atoms with Crippen LogP contribution in [0.1, 0.15) is 6.92 Å². The van der Waals surface area contributed by atoms with E-state index in [1.807, 2.05) is 0 Å². The van der Waals surface area contributed by atoms with Gasteiger partial charge >= 0.3 is 0 Å². The molecular formula is C4H9NOS. The summed E-state index contributed by atoms with van der Waals surface area (Å²) >= 11 is 4.63. The van der Waals surface area contributed by atoms with Crippen LogP contribution in [-0.2, 0) is 4.74 Å². The minimum Gasteiger partial charge on any atom is -0.489 e. The van der Waals surface area contributed by atoms with Crippen LogP contribution < -0.4 is 5.73 Å². The second-order valence-electron chi connectivity index (χ2n) is 1.31. The van der Waals surface area contributed by atoms with E-state index in [1.165, 1.54) is 7.11 Å². The average molecular weight is 119 g/mol. The Hall–Kier alpha value is -0.150. The fraction of sp³-hybridized carbons (Fsp3) is 0.750. The molecule has 0 heterocycles. The minimum absolute atomic E-state index is 0.125. The third-order valence-corrected chi connectivity index (χ3v) is 1.11. The van der Waals surface area contributed by atoms with Crippen LogP contribution in [0.15, 0.2) is 0 Å². The van der Waals surface area contributed by atoms with Gasteiger partial charge in [0.1, 0.15) is 0 Å². The molecule has 0 saturated carbocycles. The maximum atomic E-state index is 5.28. The van der Waals surface area contributed by atoms with E-state index in [2.05, 4.69) is 17.0 Å². The number of ether oxygens (including phenoxy) is 1. The lowest BCUT2D eigenvalue weighted by molar-refractivity contribution is 0.397. The molecule has 0 aromatic heterocycles. The quantitative estimate of drug-likeness (QED) is 0.504. The lowest BCUT2D eigenvalue weighted by Gasteiger charge is -2.02. The summed E-state index contributed by atoms with van der Waals surface area (Å²) in [6.45, 7) is 1.78. The first kappa shape index (κ1) is 6.85. The predicted molar refractivity (Wildman–Crippen MR) is 33.3 cm³/mol. The molecule has 2 N–H and O–H groups in total. The van der Waals surface area contributed by atoms with E-state index in [0.717, 1.165) is 0 Å². The standard InChI is InChI=1S/C4H9NOS/c1-3(5)4(7)6-2/h3H,5H2,1-2H3/t3-/m0/s1. The SMILES string of the molecule is COC(=S)[C@H](C)N. The summed E-state index contributed by atoms with van der Waals surface area (Å²) in [5.74, 6) is 0. The zero-order valence-electron chi connectivity index (χ0n) is 4.47. The number of rotatable bonds is 1.